The molecule has 0 aliphatic carbocycles. The summed E-state index contributed by atoms with van der Waals surface area (Å²) >= 11 is 0. The topological polar surface area (TPSA) is 60.0 Å². The number of likely N-dealkylation sites (tertiary alicyclic amines) is 2. The molecule has 2 saturated heterocycles. The molecule has 2 aliphatic heterocycles. The number of carbonyl (C=O) groups excluding carboxylic acids is 1. The summed E-state index contributed by atoms with van der Waals surface area (Å²) in [5.74, 6) is 1.01. The third-order valence-corrected chi connectivity index (χ3v) is 6.13. The third-order valence-electron chi connectivity index (χ3n) is 6.13. The van der Waals surface area contributed by atoms with Crippen molar-refractivity contribution in [2.24, 2.45) is 4.99 Å². The summed E-state index contributed by atoms with van der Waals surface area (Å²) in [4.78, 5) is 21.5. The van der Waals surface area contributed by atoms with Gasteiger partial charge in [-0.25, -0.2) is 0 Å². The lowest BCUT2D eigenvalue weighted by atomic mass is 10.0. The molecule has 168 valence electrons. The zero-order chi connectivity index (χ0) is 20.6. The predicted octanol–water partition coefficient (Wildman–Crippen LogP) is 3.47. The van der Waals surface area contributed by atoms with Crippen LogP contribution in [-0.4, -0.2) is 67.0 Å². The largest absolute Gasteiger partial charge is 0.354 e. The van der Waals surface area contributed by atoms with Crippen LogP contribution in [0, 0.1) is 0 Å². The second-order valence-electron chi connectivity index (χ2n) is 8.52. The maximum absolute atomic E-state index is 12.6. The fourth-order valence-corrected chi connectivity index (χ4v) is 4.18. The van der Waals surface area contributed by atoms with Crippen LogP contribution in [0.5, 0.6) is 0 Å². The molecular weight excluding hydrogens is 489 g/mol. The van der Waals surface area contributed by atoms with Gasteiger partial charge < -0.3 is 20.4 Å². The highest BCUT2D eigenvalue weighted by molar-refractivity contribution is 14.0. The van der Waals surface area contributed by atoms with E-state index in [2.05, 4.69) is 34.4 Å². The SMILES string of the molecule is CN=C(NCc1ccc(C(=O)N2CCCCC2)cc1)NC1CCN(C(C)C)CC1.I. The average Bonchev–Trinajstić information content (AvgIpc) is 2.77. The molecule has 1 amide bonds. The molecule has 6 nitrogen and oxygen atoms in total. The molecule has 2 fully saturated rings. The normalized spacial score (nSPS) is 18.8. The lowest BCUT2D eigenvalue weighted by molar-refractivity contribution is 0.0724. The van der Waals surface area contributed by atoms with Crippen molar-refractivity contribution in [1.29, 1.82) is 0 Å². The number of amides is 1. The quantitative estimate of drug-likeness (QED) is 0.350. The van der Waals surface area contributed by atoms with Gasteiger partial charge in [0.15, 0.2) is 5.96 Å². The lowest BCUT2D eigenvalue weighted by Gasteiger charge is -2.35. The number of hydrogen-bond donors (Lipinski definition) is 2. The van der Waals surface area contributed by atoms with E-state index in [-0.39, 0.29) is 29.9 Å². The van der Waals surface area contributed by atoms with Gasteiger partial charge in [0, 0.05) is 57.4 Å². The monoisotopic (exact) mass is 527 g/mol. The minimum atomic E-state index is 0. The summed E-state index contributed by atoms with van der Waals surface area (Å²) in [5.41, 5.74) is 1.94. The van der Waals surface area contributed by atoms with E-state index in [1.165, 1.54) is 6.42 Å². The predicted molar refractivity (Wildman–Crippen MR) is 135 cm³/mol. The molecule has 0 unspecified atom stereocenters. The van der Waals surface area contributed by atoms with Crippen LogP contribution in [-0.2, 0) is 6.54 Å². The van der Waals surface area contributed by atoms with Crippen LogP contribution in [0.4, 0.5) is 0 Å². The third kappa shape index (κ3) is 7.11. The van der Waals surface area contributed by atoms with Gasteiger partial charge in [0.2, 0.25) is 0 Å². The first-order valence-electron chi connectivity index (χ1n) is 11.2. The second-order valence-corrected chi connectivity index (χ2v) is 8.52. The van der Waals surface area contributed by atoms with E-state index < -0.39 is 0 Å². The Bertz CT molecular complexity index is 677. The number of hydrogen-bond acceptors (Lipinski definition) is 3. The highest BCUT2D eigenvalue weighted by Crippen LogP contribution is 2.15. The van der Waals surface area contributed by atoms with Crippen LogP contribution >= 0.6 is 24.0 Å². The molecule has 0 spiro atoms. The molecule has 2 N–H and O–H groups in total. The van der Waals surface area contributed by atoms with Gasteiger partial charge in [-0.1, -0.05) is 12.1 Å². The van der Waals surface area contributed by atoms with Gasteiger partial charge in [-0.2, -0.15) is 0 Å². The standard InChI is InChI=1S/C23H37N5O.HI/c1-18(2)27-15-11-21(12-16-27)26-23(24-3)25-17-19-7-9-20(10-8-19)22(29)28-13-5-4-6-14-28;/h7-10,18,21H,4-6,11-17H2,1-3H3,(H2,24,25,26);1H. The van der Waals surface area contributed by atoms with E-state index in [9.17, 15) is 4.79 Å². The van der Waals surface area contributed by atoms with Gasteiger partial charge in [-0.3, -0.25) is 9.79 Å². The van der Waals surface area contributed by atoms with Crippen LogP contribution in [0.2, 0.25) is 0 Å². The molecule has 30 heavy (non-hydrogen) atoms. The van der Waals surface area contributed by atoms with Gasteiger partial charge in [0.05, 0.1) is 0 Å². The van der Waals surface area contributed by atoms with E-state index in [0.717, 1.165) is 68.9 Å². The van der Waals surface area contributed by atoms with Crippen molar-refractivity contribution in [2.45, 2.75) is 64.6 Å². The number of aliphatic imine (C=N–C) groups is 1. The van der Waals surface area contributed by atoms with Crippen LogP contribution in [0.15, 0.2) is 29.3 Å². The van der Waals surface area contributed by atoms with E-state index in [1.54, 1.807) is 0 Å². The molecule has 1 aromatic rings. The fourth-order valence-electron chi connectivity index (χ4n) is 4.18. The summed E-state index contributed by atoms with van der Waals surface area (Å²) in [6, 6.07) is 9.08. The summed E-state index contributed by atoms with van der Waals surface area (Å²) < 4.78 is 0. The zero-order valence-electron chi connectivity index (χ0n) is 18.7. The summed E-state index contributed by atoms with van der Waals surface area (Å²) in [7, 11) is 1.82. The van der Waals surface area contributed by atoms with Gasteiger partial charge in [0.1, 0.15) is 0 Å². The first-order chi connectivity index (χ1) is 14.1. The molecule has 2 heterocycles. The Kier molecular flexibility index (Phi) is 10.4. The summed E-state index contributed by atoms with van der Waals surface area (Å²) in [5, 5.41) is 6.97. The maximum Gasteiger partial charge on any atom is 0.253 e. The molecule has 0 aromatic heterocycles. The van der Waals surface area contributed by atoms with E-state index in [4.69, 9.17) is 0 Å². The van der Waals surface area contributed by atoms with Crippen molar-refractivity contribution in [3.05, 3.63) is 35.4 Å². The smallest absolute Gasteiger partial charge is 0.253 e. The minimum absolute atomic E-state index is 0. The van der Waals surface area contributed by atoms with Crippen molar-refractivity contribution in [2.75, 3.05) is 33.2 Å². The van der Waals surface area contributed by atoms with Gasteiger partial charge in [-0.05, 0) is 63.6 Å². The van der Waals surface area contributed by atoms with Crippen molar-refractivity contribution in [3.63, 3.8) is 0 Å². The Balaban J connectivity index is 0.00000320. The van der Waals surface area contributed by atoms with Crippen molar-refractivity contribution in [3.8, 4) is 0 Å². The molecular formula is C23H38IN5O. The van der Waals surface area contributed by atoms with Crippen LogP contribution < -0.4 is 10.6 Å². The molecule has 7 heteroatoms. The van der Waals surface area contributed by atoms with Crippen LogP contribution in [0.25, 0.3) is 0 Å². The van der Waals surface area contributed by atoms with Crippen molar-refractivity contribution < 1.29 is 4.79 Å². The van der Waals surface area contributed by atoms with E-state index >= 15 is 0 Å². The molecule has 0 bridgehead atoms. The number of halogens is 1. The molecule has 0 atom stereocenters. The van der Waals surface area contributed by atoms with E-state index in [0.29, 0.717) is 18.6 Å². The minimum Gasteiger partial charge on any atom is -0.354 e. The Hall–Kier alpha value is -1.35. The Morgan fingerprint density at radius 3 is 2.27 bits per heavy atom. The Labute approximate surface area is 198 Å². The summed E-state index contributed by atoms with van der Waals surface area (Å²) in [6.07, 6.45) is 5.77. The van der Waals surface area contributed by atoms with Gasteiger partial charge >= 0.3 is 0 Å². The average molecular weight is 527 g/mol. The number of nitrogens with one attached hydrogen (secondary N) is 2. The number of rotatable bonds is 5. The molecule has 0 saturated carbocycles. The lowest BCUT2D eigenvalue weighted by Crippen LogP contribution is -2.49. The number of nitrogens with zero attached hydrogens (tertiary/aromatic N) is 3. The first kappa shape index (κ1) is 24.9. The first-order valence-corrected chi connectivity index (χ1v) is 11.2. The molecule has 1 aromatic carbocycles. The van der Waals surface area contributed by atoms with Crippen LogP contribution in [0.1, 0.15) is 61.9 Å². The van der Waals surface area contributed by atoms with Crippen molar-refractivity contribution in [1.82, 2.24) is 20.4 Å². The maximum atomic E-state index is 12.6. The highest BCUT2D eigenvalue weighted by Gasteiger charge is 2.21. The van der Waals surface area contributed by atoms with Gasteiger partial charge in [0.25, 0.3) is 5.91 Å². The van der Waals surface area contributed by atoms with E-state index in [1.807, 2.05) is 36.2 Å². The number of carbonyl (C=O) groups is 1. The van der Waals surface area contributed by atoms with Gasteiger partial charge in [-0.15, -0.1) is 24.0 Å². The Morgan fingerprint density at radius 1 is 1.07 bits per heavy atom. The highest BCUT2D eigenvalue weighted by atomic mass is 127. The number of guanidine groups is 1. The Morgan fingerprint density at radius 2 is 1.70 bits per heavy atom. The van der Waals surface area contributed by atoms with Crippen molar-refractivity contribution >= 4 is 35.8 Å². The molecule has 0 radical (unpaired) electrons. The number of piperidine rings is 2. The summed E-state index contributed by atoms with van der Waals surface area (Å²) in [6.45, 7) is 9.28. The van der Waals surface area contributed by atoms with Crippen LogP contribution in [0.3, 0.4) is 0 Å². The molecule has 3 rings (SSSR count). The fraction of sp³-hybridized carbons (Fsp3) is 0.652. The zero-order valence-corrected chi connectivity index (χ0v) is 21.0. The second kappa shape index (κ2) is 12.5. The number of benzene rings is 1. The molecule has 2 aliphatic rings.